The minimum absolute atomic E-state index is 0.0618. The fourth-order valence-electron chi connectivity index (χ4n) is 2.40. The summed E-state index contributed by atoms with van der Waals surface area (Å²) < 4.78 is 5.04. The van der Waals surface area contributed by atoms with Gasteiger partial charge in [-0.1, -0.05) is 44.2 Å². The smallest absolute Gasteiger partial charge is 0.408 e. The van der Waals surface area contributed by atoms with Crippen molar-refractivity contribution < 1.29 is 29.0 Å². The van der Waals surface area contributed by atoms with E-state index in [4.69, 9.17) is 4.74 Å². The number of ether oxygens (including phenoxy) is 1. The molecule has 0 spiro atoms. The van der Waals surface area contributed by atoms with Crippen molar-refractivity contribution in [2.24, 2.45) is 5.92 Å². The summed E-state index contributed by atoms with van der Waals surface area (Å²) in [6.07, 6.45) is -0.496. The third-order valence-electron chi connectivity index (χ3n) is 4.01. The normalized spacial score (nSPS) is 13.7. The van der Waals surface area contributed by atoms with Crippen molar-refractivity contribution in [3.63, 3.8) is 0 Å². The van der Waals surface area contributed by atoms with Crippen LogP contribution in [0.25, 0.3) is 0 Å². The van der Waals surface area contributed by atoms with Crippen LogP contribution in [-0.4, -0.2) is 47.1 Å². The molecule has 0 bridgehead atoms. The number of benzene rings is 1. The van der Waals surface area contributed by atoms with Crippen molar-refractivity contribution in [2.75, 3.05) is 0 Å². The van der Waals surface area contributed by atoms with E-state index in [1.54, 1.807) is 12.1 Å². The Morgan fingerprint density at radius 2 is 1.45 bits per heavy atom. The zero-order valence-corrected chi connectivity index (χ0v) is 17.1. The molecule has 1 aromatic rings. The van der Waals surface area contributed by atoms with E-state index >= 15 is 0 Å². The first-order chi connectivity index (χ1) is 13.6. The van der Waals surface area contributed by atoms with Gasteiger partial charge in [0.15, 0.2) is 0 Å². The van der Waals surface area contributed by atoms with E-state index in [0.29, 0.717) is 0 Å². The van der Waals surface area contributed by atoms with Crippen LogP contribution in [0.3, 0.4) is 0 Å². The summed E-state index contributed by atoms with van der Waals surface area (Å²) in [5.74, 6) is -2.28. The molecule has 3 amide bonds. The van der Waals surface area contributed by atoms with Gasteiger partial charge < -0.3 is 25.8 Å². The summed E-state index contributed by atoms with van der Waals surface area (Å²) in [6.45, 7) is 6.63. The number of carboxylic acid groups (broad SMARTS) is 1. The second-order valence-electron chi connectivity index (χ2n) is 7.19. The second-order valence-corrected chi connectivity index (χ2v) is 7.19. The Kier molecular flexibility index (Phi) is 9.64. The maximum Gasteiger partial charge on any atom is 0.408 e. The largest absolute Gasteiger partial charge is 0.480 e. The van der Waals surface area contributed by atoms with Gasteiger partial charge in [0.1, 0.15) is 24.7 Å². The van der Waals surface area contributed by atoms with Crippen LogP contribution in [0.5, 0.6) is 0 Å². The number of hydrogen-bond donors (Lipinski definition) is 4. The van der Waals surface area contributed by atoms with Crippen molar-refractivity contribution in [3.8, 4) is 0 Å². The molecule has 4 N–H and O–H groups in total. The fourth-order valence-corrected chi connectivity index (χ4v) is 2.40. The Balaban J connectivity index is 2.46. The molecule has 9 nitrogen and oxygen atoms in total. The molecule has 160 valence electrons. The van der Waals surface area contributed by atoms with Gasteiger partial charge in [0, 0.05) is 0 Å². The summed E-state index contributed by atoms with van der Waals surface area (Å²) in [5, 5.41) is 16.4. The Morgan fingerprint density at radius 1 is 0.897 bits per heavy atom. The number of rotatable bonds is 10. The second kappa shape index (κ2) is 11.7. The molecular weight excluding hydrogens is 378 g/mol. The van der Waals surface area contributed by atoms with Crippen LogP contribution < -0.4 is 16.0 Å². The van der Waals surface area contributed by atoms with Crippen LogP contribution in [-0.2, 0) is 25.7 Å². The molecule has 0 heterocycles. The highest BCUT2D eigenvalue weighted by Crippen LogP contribution is 2.05. The number of carbonyl (C=O) groups is 4. The first kappa shape index (κ1) is 23.9. The highest BCUT2D eigenvalue weighted by molar-refractivity contribution is 5.92. The molecule has 9 heteroatoms. The van der Waals surface area contributed by atoms with Gasteiger partial charge in [-0.05, 0) is 31.7 Å². The Labute approximate surface area is 170 Å². The molecule has 0 aliphatic carbocycles. The van der Waals surface area contributed by atoms with Gasteiger partial charge in [-0.25, -0.2) is 9.59 Å². The molecule has 0 aromatic heterocycles. The Hall–Kier alpha value is -3.10. The van der Waals surface area contributed by atoms with E-state index in [-0.39, 0.29) is 18.9 Å². The van der Waals surface area contributed by atoms with Crippen LogP contribution in [0.15, 0.2) is 30.3 Å². The zero-order valence-electron chi connectivity index (χ0n) is 17.1. The third kappa shape index (κ3) is 9.09. The van der Waals surface area contributed by atoms with Gasteiger partial charge >= 0.3 is 12.1 Å². The molecule has 0 saturated carbocycles. The fraction of sp³-hybridized carbons (Fsp3) is 0.500. The van der Waals surface area contributed by atoms with Crippen LogP contribution in [0.4, 0.5) is 4.79 Å². The summed E-state index contributed by atoms with van der Waals surface area (Å²) in [4.78, 5) is 47.4. The van der Waals surface area contributed by atoms with Crippen molar-refractivity contribution in [1.82, 2.24) is 16.0 Å². The van der Waals surface area contributed by atoms with Crippen molar-refractivity contribution >= 4 is 23.9 Å². The minimum atomic E-state index is -1.14. The van der Waals surface area contributed by atoms with Gasteiger partial charge in [-0.3, -0.25) is 9.59 Å². The number of aliphatic carboxylic acids is 1. The molecule has 0 fully saturated rings. The minimum Gasteiger partial charge on any atom is -0.480 e. The topological polar surface area (TPSA) is 134 Å². The lowest BCUT2D eigenvalue weighted by Crippen LogP contribution is -2.54. The van der Waals surface area contributed by atoms with E-state index in [2.05, 4.69) is 16.0 Å². The summed E-state index contributed by atoms with van der Waals surface area (Å²) in [5.41, 5.74) is 0.805. The lowest BCUT2D eigenvalue weighted by molar-refractivity contribution is -0.142. The Morgan fingerprint density at radius 3 is 2.00 bits per heavy atom. The van der Waals surface area contributed by atoms with Gasteiger partial charge in [0.2, 0.25) is 11.8 Å². The van der Waals surface area contributed by atoms with Gasteiger partial charge in [0.25, 0.3) is 0 Å². The van der Waals surface area contributed by atoms with Crippen LogP contribution in [0, 0.1) is 5.92 Å². The monoisotopic (exact) mass is 407 g/mol. The molecular formula is C20H29N3O6. The average molecular weight is 407 g/mol. The summed E-state index contributed by atoms with van der Waals surface area (Å²) >= 11 is 0. The van der Waals surface area contributed by atoms with Crippen LogP contribution >= 0.6 is 0 Å². The predicted octanol–water partition coefficient (Wildman–Crippen LogP) is 1.42. The van der Waals surface area contributed by atoms with E-state index < -0.39 is 42.0 Å². The first-order valence-electron chi connectivity index (χ1n) is 9.41. The van der Waals surface area contributed by atoms with Gasteiger partial charge in [-0.15, -0.1) is 0 Å². The molecule has 3 atom stereocenters. The van der Waals surface area contributed by atoms with Crippen molar-refractivity contribution in [1.29, 1.82) is 0 Å². The summed E-state index contributed by atoms with van der Waals surface area (Å²) in [7, 11) is 0. The molecule has 0 aliphatic heterocycles. The molecule has 0 unspecified atom stereocenters. The SMILES string of the molecule is CC(C)C[C@H](NC(=O)[C@H](C)NC(=O)[C@H](C)NC(=O)OCc1ccccc1)C(=O)O. The highest BCUT2D eigenvalue weighted by Gasteiger charge is 2.26. The first-order valence-corrected chi connectivity index (χ1v) is 9.41. The number of carboxylic acids is 1. The standard InChI is InChI=1S/C20H29N3O6/c1-12(2)10-16(19(26)27)23-18(25)13(3)21-17(24)14(4)22-20(28)29-11-15-8-6-5-7-9-15/h5-9,12-14,16H,10-11H2,1-4H3,(H,21,24)(H,22,28)(H,23,25)(H,26,27)/t13-,14-,16-/m0/s1. The number of alkyl carbamates (subject to hydrolysis) is 1. The maximum atomic E-state index is 12.2. The number of amides is 3. The van der Waals surface area contributed by atoms with Gasteiger partial charge in [0.05, 0.1) is 0 Å². The van der Waals surface area contributed by atoms with Gasteiger partial charge in [-0.2, -0.15) is 0 Å². The van der Waals surface area contributed by atoms with E-state index in [1.807, 2.05) is 32.0 Å². The number of carbonyl (C=O) groups excluding carboxylic acids is 3. The van der Waals surface area contributed by atoms with Crippen LogP contribution in [0.2, 0.25) is 0 Å². The lowest BCUT2D eigenvalue weighted by Gasteiger charge is -2.21. The third-order valence-corrected chi connectivity index (χ3v) is 4.01. The summed E-state index contributed by atoms with van der Waals surface area (Å²) in [6, 6.07) is 6.12. The molecule has 0 radical (unpaired) electrons. The maximum absolute atomic E-state index is 12.2. The lowest BCUT2D eigenvalue weighted by atomic mass is 10.0. The molecule has 0 saturated heterocycles. The van der Waals surface area contributed by atoms with Crippen molar-refractivity contribution in [3.05, 3.63) is 35.9 Å². The number of nitrogens with one attached hydrogen (secondary N) is 3. The highest BCUT2D eigenvalue weighted by atomic mass is 16.5. The van der Waals surface area contributed by atoms with Crippen molar-refractivity contribution in [2.45, 2.75) is 58.8 Å². The van der Waals surface area contributed by atoms with E-state index in [0.717, 1.165) is 5.56 Å². The number of hydrogen-bond acceptors (Lipinski definition) is 5. The molecule has 1 rings (SSSR count). The Bertz CT molecular complexity index is 707. The molecule has 29 heavy (non-hydrogen) atoms. The van der Waals surface area contributed by atoms with E-state index in [1.165, 1.54) is 13.8 Å². The average Bonchev–Trinajstić information content (AvgIpc) is 2.65. The van der Waals surface area contributed by atoms with Crippen LogP contribution in [0.1, 0.15) is 39.7 Å². The quantitative estimate of drug-likeness (QED) is 0.463. The predicted molar refractivity (Wildman–Crippen MR) is 106 cm³/mol. The molecule has 1 aromatic carbocycles. The molecule has 0 aliphatic rings. The zero-order chi connectivity index (χ0) is 22.0. The van der Waals surface area contributed by atoms with E-state index in [9.17, 15) is 24.3 Å².